The average molecular weight is 313 g/mol. The third-order valence-electron chi connectivity index (χ3n) is 2.65. The van der Waals surface area contributed by atoms with Crippen molar-refractivity contribution in [3.8, 4) is 0 Å². The summed E-state index contributed by atoms with van der Waals surface area (Å²) in [5.41, 5.74) is 7.09. The predicted octanol–water partition coefficient (Wildman–Crippen LogP) is 3.48. The molecule has 94 valence electrons. The zero-order chi connectivity index (χ0) is 13.3. The van der Waals surface area contributed by atoms with Gasteiger partial charge in [0.15, 0.2) is 0 Å². The number of hydrogen-bond donors (Lipinski definition) is 1. The fourth-order valence-electron chi connectivity index (χ4n) is 1.71. The summed E-state index contributed by atoms with van der Waals surface area (Å²) in [7, 11) is 0. The Morgan fingerprint density at radius 1 is 1.28 bits per heavy atom. The quantitative estimate of drug-likeness (QED) is 0.862. The van der Waals surface area contributed by atoms with E-state index in [1.165, 1.54) is 12.1 Å². The summed E-state index contributed by atoms with van der Waals surface area (Å²) in [5.74, 6) is -1.36. The van der Waals surface area contributed by atoms with E-state index < -0.39 is 17.7 Å². The second-order valence-corrected chi connectivity index (χ2v) is 4.85. The molecule has 1 heterocycles. The molecule has 2 nitrogen and oxygen atoms in total. The van der Waals surface area contributed by atoms with Crippen LogP contribution in [0.25, 0.3) is 0 Å². The third-order valence-corrected chi connectivity index (χ3v) is 3.26. The molecule has 1 unspecified atom stereocenters. The molecule has 0 saturated carbocycles. The number of rotatable bonds is 2. The molecule has 5 heteroatoms. The summed E-state index contributed by atoms with van der Waals surface area (Å²) in [6, 6.07) is 5.07. The number of pyridine rings is 1. The lowest BCUT2D eigenvalue weighted by Gasteiger charge is -2.14. The highest BCUT2D eigenvalue weighted by molar-refractivity contribution is 9.10. The van der Waals surface area contributed by atoms with Crippen LogP contribution in [0.15, 0.2) is 34.9 Å². The largest absolute Gasteiger partial charge is 0.319 e. The number of benzene rings is 1. The molecular formula is C13H11BrF2N2. The highest BCUT2D eigenvalue weighted by atomic mass is 79.9. The fourth-order valence-corrected chi connectivity index (χ4v) is 2.05. The van der Waals surface area contributed by atoms with E-state index in [-0.39, 0.29) is 10.0 Å². The van der Waals surface area contributed by atoms with Crippen LogP contribution in [0, 0.1) is 18.6 Å². The second kappa shape index (κ2) is 5.12. The predicted molar refractivity (Wildman–Crippen MR) is 69.1 cm³/mol. The molecule has 0 spiro atoms. The standard InChI is InChI=1S/C13H11BrF2N2/c1-7-4-5-18-10(6-7)13(17)11-9(15)3-2-8(14)12(11)16/h2-6,13H,17H2,1H3. The van der Waals surface area contributed by atoms with E-state index in [0.29, 0.717) is 5.69 Å². The van der Waals surface area contributed by atoms with Crippen LogP contribution in [0.5, 0.6) is 0 Å². The van der Waals surface area contributed by atoms with Gasteiger partial charge in [0.25, 0.3) is 0 Å². The Morgan fingerprint density at radius 2 is 2.00 bits per heavy atom. The van der Waals surface area contributed by atoms with E-state index in [4.69, 9.17) is 5.73 Å². The van der Waals surface area contributed by atoms with Crippen molar-refractivity contribution in [3.05, 3.63) is 63.4 Å². The zero-order valence-corrected chi connectivity index (χ0v) is 11.2. The SMILES string of the molecule is Cc1ccnc(C(N)c2c(F)ccc(Br)c2F)c1. The normalized spacial score (nSPS) is 12.5. The molecule has 0 radical (unpaired) electrons. The molecule has 0 fully saturated rings. The van der Waals surface area contributed by atoms with Crippen molar-refractivity contribution >= 4 is 15.9 Å². The maximum Gasteiger partial charge on any atom is 0.145 e. The Morgan fingerprint density at radius 3 is 2.67 bits per heavy atom. The summed E-state index contributed by atoms with van der Waals surface area (Å²) >= 11 is 3.02. The van der Waals surface area contributed by atoms with Gasteiger partial charge in [0, 0.05) is 11.8 Å². The highest BCUT2D eigenvalue weighted by Crippen LogP contribution is 2.28. The first-order chi connectivity index (χ1) is 8.50. The molecule has 1 aromatic carbocycles. The Bertz CT molecular complexity index is 587. The molecule has 0 amide bonds. The van der Waals surface area contributed by atoms with Crippen LogP contribution in [0.1, 0.15) is 22.9 Å². The number of aromatic nitrogens is 1. The molecular weight excluding hydrogens is 302 g/mol. The molecule has 2 N–H and O–H groups in total. The van der Waals surface area contributed by atoms with Gasteiger partial charge in [0.05, 0.1) is 16.2 Å². The van der Waals surface area contributed by atoms with Crippen LogP contribution in [-0.4, -0.2) is 4.98 Å². The van der Waals surface area contributed by atoms with Gasteiger partial charge in [-0.25, -0.2) is 8.78 Å². The van der Waals surface area contributed by atoms with E-state index >= 15 is 0 Å². The summed E-state index contributed by atoms with van der Waals surface area (Å²) < 4.78 is 27.8. The molecule has 18 heavy (non-hydrogen) atoms. The molecule has 1 aromatic heterocycles. The topological polar surface area (TPSA) is 38.9 Å². The molecule has 0 bridgehead atoms. The first kappa shape index (κ1) is 13.1. The van der Waals surface area contributed by atoms with Crippen LogP contribution < -0.4 is 5.73 Å². The third kappa shape index (κ3) is 2.42. The molecule has 0 aliphatic rings. The van der Waals surface area contributed by atoms with Crippen molar-refractivity contribution < 1.29 is 8.78 Å². The fraction of sp³-hybridized carbons (Fsp3) is 0.154. The zero-order valence-electron chi connectivity index (χ0n) is 9.62. The summed E-state index contributed by atoms with van der Waals surface area (Å²) in [5, 5.41) is 0. The van der Waals surface area contributed by atoms with Crippen molar-refractivity contribution in [1.82, 2.24) is 4.98 Å². The van der Waals surface area contributed by atoms with E-state index in [9.17, 15) is 8.78 Å². The maximum atomic E-state index is 13.9. The highest BCUT2D eigenvalue weighted by Gasteiger charge is 2.21. The van der Waals surface area contributed by atoms with Gasteiger partial charge >= 0.3 is 0 Å². The monoisotopic (exact) mass is 312 g/mol. The second-order valence-electron chi connectivity index (χ2n) is 3.99. The number of nitrogens with zero attached hydrogens (tertiary/aromatic N) is 1. The van der Waals surface area contributed by atoms with Gasteiger partial charge < -0.3 is 5.73 Å². The van der Waals surface area contributed by atoms with Gasteiger partial charge in [-0.2, -0.15) is 0 Å². The maximum absolute atomic E-state index is 13.9. The number of halogens is 3. The molecule has 0 aliphatic heterocycles. The summed E-state index contributed by atoms with van der Waals surface area (Å²) in [6.07, 6.45) is 1.57. The minimum atomic E-state index is -0.928. The van der Waals surface area contributed by atoms with Crippen molar-refractivity contribution in [1.29, 1.82) is 0 Å². The lowest BCUT2D eigenvalue weighted by Crippen LogP contribution is -2.17. The molecule has 0 aliphatic carbocycles. The molecule has 1 atom stereocenters. The minimum absolute atomic E-state index is 0.178. The Balaban J connectivity index is 2.52. The lowest BCUT2D eigenvalue weighted by atomic mass is 10.0. The van der Waals surface area contributed by atoms with Crippen molar-refractivity contribution in [3.63, 3.8) is 0 Å². The van der Waals surface area contributed by atoms with E-state index in [1.54, 1.807) is 18.3 Å². The Kier molecular flexibility index (Phi) is 3.73. The van der Waals surface area contributed by atoms with E-state index in [2.05, 4.69) is 20.9 Å². The van der Waals surface area contributed by atoms with Crippen LogP contribution in [0.3, 0.4) is 0 Å². The first-order valence-corrected chi connectivity index (χ1v) is 6.11. The molecule has 0 saturated heterocycles. The summed E-state index contributed by atoms with van der Waals surface area (Å²) in [6.45, 7) is 1.87. The smallest absolute Gasteiger partial charge is 0.145 e. The van der Waals surface area contributed by atoms with Crippen molar-refractivity contribution in [2.45, 2.75) is 13.0 Å². The molecule has 2 rings (SSSR count). The van der Waals surface area contributed by atoms with Gasteiger partial charge in [-0.3, -0.25) is 4.98 Å². The first-order valence-electron chi connectivity index (χ1n) is 5.32. The summed E-state index contributed by atoms with van der Waals surface area (Å²) in [4.78, 5) is 4.05. The van der Waals surface area contributed by atoms with E-state index in [0.717, 1.165) is 5.56 Å². The van der Waals surface area contributed by atoms with Crippen molar-refractivity contribution in [2.75, 3.05) is 0 Å². The minimum Gasteiger partial charge on any atom is -0.319 e. The van der Waals surface area contributed by atoms with E-state index in [1.807, 2.05) is 6.92 Å². The lowest BCUT2D eigenvalue weighted by molar-refractivity contribution is 0.537. The number of nitrogens with two attached hydrogens (primary N) is 1. The molecule has 2 aromatic rings. The van der Waals surface area contributed by atoms with Crippen LogP contribution in [0.4, 0.5) is 8.78 Å². The number of hydrogen-bond acceptors (Lipinski definition) is 2. The Hall–Kier alpha value is -1.33. The van der Waals surface area contributed by atoms with Gasteiger partial charge in [0.2, 0.25) is 0 Å². The van der Waals surface area contributed by atoms with Crippen LogP contribution in [0.2, 0.25) is 0 Å². The van der Waals surface area contributed by atoms with Gasteiger partial charge in [0.1, 0.15) is 11.6 Å². The van der Waals surface area contributed by atoms with Gasteiger partial charge in [-0.05, 0) is 52.7 Å². The Labute approximate surface area is 112 Å². The van der Waals surface area contributed by atoms with Crippen LogP contribution >= 0.6 is 15.9 Å². The van der Waals surface area contributed by atoms with Crippen molar-refractivity contribution in [2.24, 2.45) is 5.73 Å². The number of aryl methyl sites for hydroxylation is 1. The average Bonchev–Trinajstić information content (AvgIpc) is 2.34. The van der Waals surface area contributed by atoms with Gasteiger partial charge in [-0.1, -0.05) is 0 Å². The van der Waals surface area contributed by atoms with Gasteiger partial charge in [-0.15, -0.1) is 0 Å². The van der Waals surface area contributed by atoms with Crippen LogP contribution in [-0.2, 0) is 0 Å².